The molecule has 0 saturated heterocycles. The summed E-state index contributed by atoms with van der Waals surface area (Å²) in [5, 5.41) is 2.94. The normalized spacial score (nSPS) is 10.2. The fourth-order valence-corrected chi connectivity index (χ4v) is 2.03. The van der Waals surface area contributed by atoms with Crippen LogP contribution >= 0.6 is 0 Å². The molecule has 0 fully saturated rings. The lowest BCUT2D eigenvalue weighted by molar-refractivity contribution is -0.120. The van der Waals surface area contributed by atoms with E-state index in [-0.39, 0.29) is 5.91 Å². The Bertz CT molecular complexity index is 535. The van der Waals surface area contributed by atoms with E-state index in [1.807, 2.05) is 42.5 Å². The molecule has 0 atom stereocenters. The van der Waals surface area contributed by atoms with E-state index in [0.29, 0.717) is 19.5 Å². The van der Waals surface area contributed by atoms with Crippen LogP contribution in [0.4, 0.5) is 0 Å². The molecule has 0 aliphatic heterocycles. The Kier molecular flexibility index (Phi) is 5.33. The van der Waals surface area contributed by atoms with Gasteiger partial charge in [-0.15, -0.1) is 0 Å². The Balaban J connectivity index is 1.81. The van der Waals surface area contributed by atoms with E-state index >= 15 is 0 Å². The molecule has 0 radical (unpaired) electrons. The van der Waals surface area contributed by atoms with E-state index in [1.165, 1.54) is 5.56 Å². The summed E-state index contributed by atoms with van der Waals surface area (Å²) in [7, 11) is 0. The highest BCUT2D eigenvalue weighted by atomic mass is 16.1. The number of nitrogens with two attached hydrogens (primary N) is 1. The van der Waals surface area contributed by atoms with Crippen LogP contribution < -0.4 is 11.1 Å². The van der Waals surface area contributed by atoms with Crippen LogP contribution in [0.15, 0.2) is 54.6 Å². The summed E-state index contributed by atoms with van der Waals surface area (Å²) in [5.41, 5.74) is 8.88. The SMILES string of the molecule is NCCc1ccc(CNC(=O)Cc2ccccc2)cc1. The molecule has 2 rings (SSSR count). The van der Waals surface area contributed by atoms with E-state index in [0.717, 1.165) is 17.5 Å². The van der Waals surface area contributed by atoms with Crippen molar-refractivity contribution in [1.29, 1.82) is 0 Å². The summed E-state index contributed by atoms with van der Waals surface area (Å²) >= 11 is 0. The molecule has 3 N–H and O–H groups in total. The molecule has 0 aliphatic carbocycles. The topological polar surface area (TPSA) is 55.1 Å². The van der Waals surface area contributed by atoms with Crippen molar-refractivity contribution in [2.75, 3.05) is 6.54 Å². The lowest BCUT2D eigenvalue weighted by Crippen LogP contribution is -2.24. The second-order valence-electron chi connectivity index (χ2n) is 4.79. The Labute approximate surface area is 119 Å². The number of hydrogen-bond acceptors (Lipinski definition) is 2. The van der Waals surface area contributed by atoms with E-state index in [4.69, 9.17) is 5.73 Å². The summed E-state index contributed by atoms with van der Waals surface area (Å²) in [6.07, 6.45) is 1.31. The third kappa shape index (κ3) is 4.52. The van der Waals surface area contributed by atoms with Gasteiger partial charge < -0.3 is 11.1 Å². The minimum absolute atomic E-state index is 0.0437. The Morgan fingerprint density at radius 2 is 1.55 bits per heavy atom. The van der Waals surface area contributed by atoms with E-state index < -0.39 is 0 Å². The summed E-state index contributed by atoms with van der Waals surface area (Å²) in [4.78, 5) is 11.8. The minimum Gasteiger partial charge on any atom is -0.352 e. The van der Waals surface area contributed by atoms with Crippen molar-refractivity contribution < 1.29 is 4.79 Å². The summed E-state index contributed by atoms with van der Waals surface area (Å²) in [6, 6.07) is 17.9. The molecule has 1 amide bonds. The smallest absolute Gasteiger partial charge is 0.224 e. The zero-order chi connectivity index (χ0) is 14.2. The van der Waals surface area contributed by atoms with Gasteiger partial charge in [-0.05, 0) is 29.7 Å². The van der Waals surface area contributed by atoms with Crippen molar-refractivity contribution in [2.24, 2.45) is 5.73 Å². The molecule has 0 spiro atoms. The van der Waals surface area contributed by atoms with Crippen LogP contribution in [0.5, 0.6) is 0 Å². The largest absolute Gasteiger partial charge is 0.352 e. The average molecular weight is 268 g/mol. The van der Waals surface area contributed by atoms with E-state index in [9.17, 15) is 4.79 Å². The zero-order valence-electron chi connectivity index (χ0n) is 11.5. The molecule has 0 aromatic heterocycles. The number of amides is 1. The molecular weight excluding hydrogens is 248 g/mol. The van der Waals surface area contributed by atoms with Gasteiger partial charge in [-0.3, -0.25) is 4.79 Å². The van der Waals surface area contributed by atoms with Gasteiger partial charge in [-0.2, -0.15) is 0 Å². The summed E-state index contributed by atoms with van der Waals surface area (Å²) in [6.45, 7) is 1.22. The standard InChI is InChI=1S/C17H20N2O/c18-11-10-14-6-8-16(9-7-14)13-19-17(20)12-15-4-2-1-3-5-15/h1-9H,10-13,18H2,(H,19,20). The highest BCUT2D eigenvalue weighted by Crippen LogP contribution is 2.05. The fraction of sp³-hybridized carbons (Fsp3) is 0.235. The van der Waals surface area contributed by atoms with Crippen LogP contribution in [0.1, 0.15) is 16.7 Å². The predicted octanol–water partition coefficient (Wildman–Crippen LogP) is 2.05. The van der Waals surface area contributed by atoms with Gasteiger partial charge in [0.2, 0.25) is 5.91 Å². The van der Waals surface area contributed by atoms with Gasteiger partial charge in [0.1, 0.15) is 0 Å². The molecule has 0 bridgehead atoms. The first kappa shape index (κ1) is 14.3. The van der Waals surface area contributed by atoms with Gasteiger partial charge >= 0.3 is 0 Å². The Hall–Kier alpha value is -2.13. The first-order valence-corrected chi connectivity index (χ1v) is 6.86. The Morgan fingerprint density at radius 3 is 2.20 bits per heavy atom. The predicted molar refractivity (Wildman–Crippen MR) is 81.2 cm³/mol. The number of carbonyl (C=O) groups excluding carboxylic acids is 1. The maximum atomic E-state index is 11.8. The summed E-state index contributed by atoms with van der Waals surface area (Å²) < 4.78 is 0. The van der Waals surface area contributed by atoms with E-state index in [1.54, 1.807) is 0 Å². The van der Waals surface area contributed by atoms with Crippen molar-refractivity contribution in [3.8, 4) is 0 Å². The van der Waals surface area contributed by atoms with Crippen LogP contribution in [0.2, 0.25) is 0 Å². The molecule has 0 aliphatic rings. The molecule has 104 valence electrons. The lowest BCUT2D eigenvalue weighted by atomic mass is 10.1. The molecule has 3 nitrogen and oxygen atoms in total. The van der Waals surface area contributed by atoms with Crippen LogP contribution in [0, 0.1) is 0 Å². The maximum absolute atomic E-state index is 11.8. The second kappa shape index (κ2) is 7.46. The summed E-state index contributed by atoms with van der Waals surface area (Å²) in [5.74, 6) is 0.0437. The van der Waals surface area contributed by atoms with Crippen molar-refractivity contribution >= 4 is 5.91 Å². The van der Waals surface area contributed by atoms with Gasteiger partial charge in [0.05, 0.1) is 6.42 Å². The monoisotopic (exact) mass is 268 g/mol. The van der Waals surface area contributed by atoms with Crippen molar-refractivity contribution in [3.05, 3.63) is 71.3 Å². The molecule has 2 aromatic carbocycles. The quantitative estimate of drug-likeness (QED) is 0.842. The molecule has 0 heterocycles. The first-order chi connectivity index (χ1) is 9.78. The Morgan fingerprint density at radius 1 is 0.900 bits per heavy atom. The highest BCUT2D eigenvalue weighted by Gasteiger charge is 2.02. The van der Waals surface area contributed by atoms with Gasteiger partial charge in [0, 0.05) is 6.54 Å². The number of nitrogens with one attached hydrogen (secondary N) is 1. The van der Waals surface area contributed by atoms with Crippen molar-refractivity contribution in [1.82, 2.24) is 5.32 Å². The number of carbonyl (C=O) groups is 1. The third-order valence-corrected chi connectivity index (χ3v) is 3.15. The highest BCUT2D eigenvalue weighted by molar-refractivity contribution is 5.78. The number of benzene rings is 2. The lowest BCUT2D eigenvalue weighted by Gasteiger charge is -2.06. The van der Waals surface area contributed by atoms with Gasteiger partial charge in [0.25, 0.3) is 0 Å². The number of hydrogen-bond donors (Lipinski definition) is 2. The molecule has 20 heavy (non-hydrogen) atoms. The third-order valence-electron chi connectivity index (χ3n) is 3.15. The van der Waals surface area contributed by atoms with Crippen LogP contribution in [0.25, 0.3) is 0 Å². The number of rotatable bonds is 6. The van der Waals surface area contributed by atoms with Crippen molar-refractivity contribution in [3.63, 3.8) is 0 Å². The van der Waals surface area contributed by atoms with Crippen LogP contribution in [-0.4, -0.2) is 12.5 Å². The van der Waals surface area contributed by atoms with Crippen LogP contribution in [-0.2, 0) is 24.2 Å². The molecular formula is C17H20N2O. The molecule has 0 unspecified atom stereocenters. The van der Waals surface area contributed by atoms with Crippen LogP contribution in [0.3, 0.4) is 0 Å². The average Bonchev–Trinajstić information content (AvgIpc) is 2.48. The molecule has 0 saturated carbocycles. The van der Waals surface area contributed by atoms with Gasteiger partial charge in [-0.1, -0.05) is 54.6 Å². The van der Waals surface area contributed by atoms with Crippen molar-refractivity contribution in [2.45, 2.75) is 19.4 Å². The molecule has 2 aromatic rings. The minimum atomic E-state index is 0.0437. The van der Waals surface area contributed by atoms with Gasteiger partial charge in [-0.25, -0.2) is 0 Å². The maximum Gasteiger partial charge on any atom is 0.224 e. The zero-order valence-corrected chi connectivity index (χ0v) is 11.5. The van der Waals surface area contributed by atoms with E-state index in [2.05, 4.69) is 17.4 Å². The molecule has 3 heteroatoms. The first-order valence-electron chi connectivity index (χ1n) is 6.86. The van der Waals surface area contributed by atoms with Gasteiger partial charge in [0.15, 0.2) is 0 Å². The fourth-order valence-electron chi connectivity index (χ4n) is 2.03. The second-order valence-corrected chi connectivity index (χ2v) is 4.79.